The quantitative estimate of drug-likeness (QED) is 0.286. The zero-order chi connectivity index (χ0) is 3.58. The fourth-order valence-corrected chi connectivity index (χ4v) is 0. The average Bonchev–Trinajstić information content (AvgIpc) is 0.811. The normalized spacial score (nSPS) is 9.00. The second kappa shape index (κ2) is 2.42. The molecule has 0 aromatic carbocycles. The van der Waals surface area contributed by atoms with Crippen LogP contribution in [0.25, 0.3) is 0 Å². The standard InChI is InChI=1S/Al.3H3Si/h;3*1H3. The summed E-state index contributed by atoms with van der Waals surface area (Å²) >= 11 is 0.278. The molecule has 0 aliphatic heterocycles. The summed E-state index contributed by atoms with van der Waals surface area (Å²) in [6.07, 6.45) is 0. The van der Waals surface area contributed by atoms with Gasteiger partial charge in [0, 0.05) is 0 Å². The van der Waals surface area contributed by atoms with E-state index in [1.807, 2.05) is 0 Å². The van der Waals surface area contributed by atoms with Gasteiger partial charge in [0.05, 0.1) is 0 Å². The molecule has 0 amide bonds. The highest BCUT2D eigenvalue weighted by Gasteiger charge is 1.82. The van der Waals surface area contributed by atoms with E-state index in [9.17, 15) is 0 Å². The minimum Gasteiger partial charge on any atom is -0.0487 e. The molecule has 24 valence electrons. The van der Waals surface area contributed by atoms with E-state index >= 15 is 0 Å². The Kier molecular flexibility index (Phi) is 3.14. The van der Waals surface area contributed by atoms with Gasteiger partial charge in [0.25, 0.3) is 0 Å². The van der Waals surface area contributed by atoms with E-state index in [4.69, 9.17) is 0 Å². The molecule has 0 atom stereocenters. The summed E-state index contributed by atoms with van der Waals surface area (Å²) in [5.74, 6) is 0. The maximum absolute atomic E-state index is 1.61. The van der Waals surface area contributed by atoms with Crippen molar-refractivity contribution in [3.8, 4) is 0 Å². The molecule has 4 heteroatoms. The Morgan fingerprint density at radius 2 is 1.00 bits per heavy atom. The number of hydrogen-bond donors (Lipinski definition) is 0. The van der Waals surface area contributed by atoms with Crippen LogP contribution in [-0.2, 0) is 0 Å². The van der Waals surface area contributed by atoms with Gasteiger partial charge in [-0.3, -0.25) is 0 Å². The fraction of sp³-hybridized carbons (Fsp3) is 0. The van der Waals surface area contributed by atoms with E-state index < -0.39 is 0 Å². The first-order valence-electron chi connectivity index (χ1n) is 1.73. The fourth-order valence-electron chi connectivity index (χ4n) is 0. The molecule has 0 N–H and O–H groups in total. The van der Waals surface area contributed by atoms with Gasteiger partial charge in [0.15, 0.2) is 0 Å². The number of hydrogen-bond acceptors (Lipinski definition) is 0. The van der Waals surface area contributed by atoms with Gasteiger partial charge >= 0.3 is 0 Å². The van der Waals surface area contributed by atoms with E-state index in [-0.39, 0.29) is 12.2 Å². The lowest BCUT2D eigenvalue weighted by atomic mass is 25.7. The van der Waals surface area contributed by atoms with Crippen molar-refractivity contribution in [2.45, 2.75) is 0 Å². The molecule has 0 aromatic heterocycles. The predicted octanol–water partition coefficient (Wildman–Crippen LogP) is -3.93. The molecular weight excluding hydrogens is 111 g/mol. The smallest absolute Gasteiger partial charge is 0.0487 e. The van der Waals surface area contributed by atoms with Crippen LogP contribution in [0.2, 0.25) is 0 Å². The van der Waals surface area contributed by atoms with Gasteiger partial charge in [0.2, 0.25) is 12.2 Å². The van der Waals surface area contributed by atoms with Crippen LogP contribution in [0, 0.1) is 0 Å². The Balaban J connectivity index is 2.32. The summed E-state index contributed by atoms with van der Waals surface area (Å²) in [5.41, 5.74) is 0. The highest BCUT2D eigenvalue weighted by molar-refractivity contribution is 7.49. The molecule has 0 saturated heterocycles. The zero-order valence-electron chi connectivity index (χ0n) is 3.58. The highest BCUT2D eigenvalue weighted by atomic mass is 29.4. The van der Waals surface area contributed by atoms with Crippen LogP contribution >= 0.6 is 0 Å². The Hall–Kier alpha value is 1.18. The van der Waals surface area contributed by atoms with Crippen LogP contribution in [0.15, 0.2) is 0 Å². The van der Waals surface area contributed by atoms with Gasteiger partial charge in [-0.25, -0.2) is 0 Å². The second-order valence-electron chi connectivity index (χ2n) is 1.73. The first-order valence-corrected chi connectivity index (χ1v) is 15.6. The van der Waals surface area contributed by atoms with Crippen molar-refractivity contribution in [1.29, 1.82) is 0 Å². The summed E-state index contributed by atoms with van der Waals surface area (Å²) in [5, 5.41) is 0. The van der Waals surface area contributed by atoms with Gasteiger partial charge < -0.3 is 0 Å². The molecule has 0 aliphatic rings. The highest BCUT2D eigenvalue weighted by Crippen LogP contribution is 1.35. The van der Waals surface area contributed by atoms with Crippen LogP contribution in [0.4, 0.5) is 0 Å². The molecule has 0 radical (unpaired) electrons. The predicted molar refractivity (Wildman–Crippen MR) is 35.6 cm³/mol. The minimum absolute atomic E-state index is 0.278. The second-order valence-corrected chi connectivity index (χ2v) is 46.8. The third kappa shape index (κ3) is 10.8. The van der Waals surface area contributed by atoms with Gasteiger partial charge in [-0.05, 0) is 26.4 Å². The van der Waals surface area contributed by atoms with Crippen molar-refractivity contribution in [2.75, 3.05) is 0 Å². The van der Waals surface area contributed by atoms with Gasteiger partial charge in [0.1, 0.15) is 0 Å². The minimum atomic E-state index is 0.278. The van der Waals surface area contributed by atoms with E-state index in [2.05, 4.69) is 0 Å². The van der Waals surface area contributed by atoms with Gasteiger partial charge in [-0.2, -0.15) is 0 Å². The maximum atomic E-state index is 1.61. The van der Waals surface area contributed by atoms with Crippen LogP contribution in [-0.4, -0.2) is 38.6 Å². The lowest BCUT2D eigenvalue weighted by molar-refractivity contribution is 4.02. The van der Waals surface area contributed by atoms with Crippen LogP contribution < -0.4 is 0 Å². The Bertz CT molecular complexity index is 8.00. The van der Waals surface area contributed by atoms with E-state index in [1.165, 1.54) is 0 Å². The molecule has 4 heavy (non-hydrogen) atoms. The molecule has 0 spiro atoms. The molecule has 0 heterocycles. The van der Waals surface area contributed by atoms with E-state index in [0.29, 0.717) is 0 Å². The largest absolute Gasteiger partial charge is 0.205 e. The molecule has 0 nitrogen and oxygen atoms in total. The zero-order valence-corrected chi connectivity index (χ0v) is 10.7. The summed E-state index contributed by atoms with van der Waals surface area (Å²) in [4.78, 5) is 0. The lowest BCUT2D eigenvalue weighted by Crippen LogP contribution is -2.11. The molecule has 0 aromatic rings. The molecule has 0 bridgehead atoms. The van der Waals surface area contributed by atoms with Gasteiger partial charge in [-0.1, -0.05) is 0 Å². The Labute approximate surface area is 38.9 Å². The number of rotatable bonds is 0. The molecular formula is H9AlSi3. The summed E-state index contributed by atoms with van der Waals surface area (Å²) < 4.78 is 0. The van der Waals surface area contributed by atoms with Crippen molar-refractivity contribution in [1.82, 2.24) is 0 Å². The van der Waals surface area contributed by atoms with Crippen molar-refractivity contribution >= 4 is 38.6 Å². The van der Waals surface area contributed by atoms with E-state index in [1.54, 1.807) is 26.4 Å². The maximum Gasteiger partial charge on any atom is 0.205 e. The van der Waals surface area contributed by atoms with Crippen molar-refractivity contribution in [2.24, 2.45) is 0 Å². The molecule has 0 aliphatic carbocycles. The monoisotopic (exact) mass is 120 g/mol. The third-order valence-electron chi connectivity index (χ3n) is 0. The molecule has 0 fully saturated rings. The topological polar surface area (TPSA) is 0 Å². The van der Waals surface area contributed by atoms with Crippen molar-refractivity contribution in [3.05, 3.63) is 0 Å². The Morgan fingerprint density at radius 3 is 1.00 bits per heavy atom. The summed E-state index contributed by atoms with van der Waals surface area (Å²) in [6, 6.07) is 0. The summed E-state index contributed by atoms with van der Waals surface area (Å²) in [6.45, 7) is 0. The molecule has 0 unspecified atom stereocenters. The first kappa shape index (κ1) is 5.18. The van der Waals surface area contributed by atoms with Gasteiger partial charge in [-0.15, -0.1) is 0 Å². The van der Waals surface area contributed by atoms with Crippen LogP contribution in [0.3, 0.4) is 0 Å². The average molecular weight is 120 g/mol. The molecule has 0 rings (SSSR count). The molecule has 0 saturated carbocycles. The van der Waals surface area contributed by atoms with Crippen molar-refractivity contribution < 1.29 is 0 Å². The van der Waals surface area contributed by atoms with E-state index in [0.717, 1.165) is 0 Å². The van der Waals surface area contributed by atoms with Crippen LogP contribution in [0.1, 0.15) is 0 Å². The lowest BCUT2D eigenvalue weighted by Gasteiger charge is -1.66. The SMILES string of the molecule is [SiH3][Al]([SiH3])[SiH3]. The summed E-state index contributed by atoms with van der Waals surface area (Å²) in [7, 11) is 4.83. The van der Waals surface area contributed by atoms with Crippen molar-refractivity contribution in [3.63, 3.8) is 0 Å². The first-order chi connectivity index (χ1) is 1.73. The Morgan fingerprint density at radius 1 is 1.00 bits per heavy atom. The van der Waals surface area contributed by atoms with Crippen LogP contribution in [0.5, 0.6) is 0 Å². The third-order valence-corrected chi connectivity index (χ3v) is 0.